The molecule has 0 fully saturated rings. The number of hydrogen-bond donors (Lipinski definition) is 2. The van der Waals surface area contributed by atoms with E-state index in [9.17, 15) is 5.11 Å². The van der Waals surface area contributed by atoms with Crippen molar-refractivity contribution in [1.82, 2.24) is 0 Å². The fourth-order valence-electron chi connectivity index (χ4n) is 1.18. The van der Waals surface area contributed by atoms with Gasteiger partial charge in [-0.1, -0.05) is 42.3 Å². The second-order valence-corrected chi connectivity index (χ2v) is 4.09. The number of aliphatic hydroxyl groups excluding tert-OH is 1. The molecular weight excluding hydrogens is 221 g/mol. The Morgan fingerprint density at radius 2 is 2.07 bits per heavy atom. The molecule has 2 unspecified atom stereocenters. The first kappa shape index (κ1) is 11.8. The average Bonchev–Trinajstić information content (AvgIpc) is 2.20. The lowest BCUT2D eigenvalue weighted by atomic mass is 9.98. The third-order valence-corrected chi connectivity index (χ3v) is 3.04. The Hall–Kier alpha value is -0.280. The molecule has 2 atom stereocenters. The summed E-state index contributed by atoms with van der Waals surface area (Å²) in [6.45, 7) is 2.27. The molecule has 0 saturated carbocycles. The second kappa shape index (κ2) is 4.99. The van der Waals surface area contributed by atoms with Crippen LogP contribution in [0.5, 0.6) is 0 Å². The smallest absolute Gasteiger partial charge is 0.0842 e. The molecule has 0 radical (unpaired) electrons. The highest BCUT2D eigenvalue weighted by Crippen LogP contribution is 2.32. The van der Waals surface area contributed by atoms with Gasteiger partial charge in [-0.15, -0.1) is 0 Å². The Labute approximate surface area is 93.6 Å². The van der Waals surface area contributed by atoms with E-state index in [-0.39, 0.29) is 5.92 Å². The van der Waals surface area contributed by atoms with Gasteiger partial charge >= 0.3 is 0 Å². The number of rotatable bonds is 3. The molecule has 0 aliphatic carbocycles. The molecule has 1 rings (SSSR count). The van der Waals surface area contributed by atoms with E-state index in [4.69, 9.17) is 28.9 Å². The van der Waals surface area contributed by atoms with Gasteiger partial charge in [-0.2, -0.15) is 0 Å². The van der Waals surface area contributed by atoms with Gasteiger partial charge in [0.2, 0.25) is 0 Å². The summed E-state index contributed by atoms with van der Waals surface area (Å²) in [5.74, 6) is -0.0361. The van der Waals surface area contributed by atoms with Crippen molar-refractivity contribution in [3.05, 3.63) is 33.8 Å². The second-order valence-electron chi connectivity index (χ2n) is 3.30. The van der Waals surface area contributed by atoms with Gasteiger partial charge in [-0.3, -0.25) is 0 Å². The van der Waals surface area contributed by atoms with Crippen LogP contribution in [-0.2, 0) is 0 Å². The van der Waals surface area contributed by atoms with Crippen LogP contribution < -0.4 is 5.73 Å². The standard InChI is InChI=1S/C10H13Cl2NO/c1-6(5-13)10(14)7-3-2-4-8(11)9(7)12/h2-4,6,10,14H,5,13H2,1H3. The van der Waals surface area contributed by atoms with Crippen molar-refractivity contribution in [2.75, 3.05) is 6.54 Å². The van der Waals surface area contributed by atoms with Crippen LogP contribution in [-0.4, -0.2) is 11.7 Å². The van der Waals surface area contributed by atoms with Crippen molar-refractivity contribution in [1.29, 1.82) is 0 Å². The molecule has 0 aromatic heterocycles. The van der Waals surface area contributed by atoms with Gasteiger partial charge in [0.25, 0.3) is 0 Å². The maximum Gasteiger partial charge on any atom is 0.0842 e. The number of halogens is 2. The fraction of sp³-hybridized carbons (Fsp3) is 0.400. The molecule has 14 heavy (non-hydrogen) atoms. The lowest BCUT2D eigenvalue weighted by molar-refractivity contribution is 0.122. The maximum atomic E-state index is 9.87. The fourth-order valence-corrected chi connectivity index (χ4v) is 1.60. The van der Waals surface area contributed by atoms with Crippen LogP contribution in [0.2, 0.25) is 10.0 Å². The Bertz CT molecular complexity index is 317. The predicted octanol–water partition coefficient (Wildman–Crippen LogP) is 2.62. The topological polar surface area (TPSA) is 46.2 Å². The van der Waals surface area contributed by atoms with E-state index >= 15 is 0 Å². The van der Waals surface area contributed by atoms with E-state index in [1.54, 1.807) is 18.2 Å². The molecule has 2 nitrogen and oxygen atoms in total. The zero-order chi connectivity index (χ0) is 10.7. The summed E-state index contributed by atoms with van der Waals surface area (Å²) in [4.78, 5) is 0. The van der Waals surface area contributed by atoms with Crippen molar-refractivity contribution in [2.45, 2.75) is 13.0 Å². The van der Waals surface area contributed by atoms with Gasteiger partial charge in [0.15, 0.2) is 0 Å². The highest BCUT2D eigenvalue weighted by Gasteiger charge is 2.18. The minimum Gasteiger partial charge on any atom is -0.388 e. The average molecular weight is 234 g/mol. The Balaban J connectivity index is 3.01. The summed E-state index contributed by atoms with van der Waals surface area (Å²) in [5, 5.41) is 10.7. The Morgan fingerprint density at radius 1 is 1.43 bits per heavy atom. The normalized spacial score (nSPS) is 15.2. The lowest BCUT2D eigenvalue weighted by Crippen LogP contribution is -2.19. The van der Waals surface area contributed by atoms with E-state index in [1.807, 2.05) is 6.92 Å². The zero-order valence-electron chi connectivity index (χ0n) is 7.87. The van der Waals surface area contributed by atoms with Crippen molar-refractivity contribution in [3.63, 3.8) is 0 Å². The lowest BCUT2D eigenvalue weighted by Gasteiger charge is -2.18. The predicted molar refractivity (Wildman–Crippen MR) is 59.6 cm³/mol. The first-order valence-electron chi connectivity index (χ1n) is 4.40. The number of hydrogen-bond acceptors (Lipinski definition) is 2. The third-order valence-electron chi connectivity index (χ3n) is 2.21. The van der Waals surface area contributed by atoms with Crippen LogP contribution in [0, 0.1) is 5.92 Å². The van der Waals surface area contributed by atoms with Crippen molar-refractivity contribution in [3.8, 4) is 0 Å². The monoisotopic (exact) mass is 233 g/mol. The molecule has 0 heterocycles. The number of nitrogens with two attached hydrogens (primary N) is 1. The maximum absolute atomic E-state index is 9.87. The first-order valence-corrected chi connectivity index (χ1v) is 5.15. The minimum absolute atomic E-state index is 0.0361. The molecule has 0 aliphatic rings. The molecule has 1 aromatic carbocycles. The molecule has 0 bridgehead atoms. The quantitative estimate of drug-likeness (QED) is 0.844. The van der Waals surface area contributed by atoms with E-state index in [1.165, 1.54) is 0 Å². The van der Waals surface area contributed by atoms with Gasteiger partial charge < -0.3 is 10.8 Å². The van der Waals surface area contributed by atoms with Gasteiger partial charge in [-0.05, 0) is 18.5 Å². The van der Waals surface area contributed by atoms with Crippen molar-refractivity contribution in [2.24, 2.45) is 11.7 Å². The summed E-state index contributed by atoms with van der Waals surface area (Å²) in [7, 11) is 0. The van der Waals surface area contributed by atoms with Crippen LogP contribution >= 0.6 is 23.2 Å². The largest absolute Gasteiger partial charge is 0.388 e. The summed E-state index contributed by atoms with van der Waals surface area (Å²) in [5.41, 5.74) is 6.10. The molecule has 0 aliphatic heterocycles. The highest BCUT2D eigenvalue weighted by molar-refractivity contribution is 6.42. The summed E-state index contributed by atoms with van der Waals surface area (Å²) < 4.78 is 0. The molecular formula is C10H13Cl2NO. The molecule has 0 saturated heterocycles. The van der Waals surface area contributed by atoms with Crippen LogP contribution in [0.15, 0.2) is 18.2 Å². The highest BCUT2D eigenvalue weighted by atomic mass is 35.5. The van der Waals surface area contributed by atoms with E-state index in [2.05, 4.69) is 0 Å². The zero-order valence-corrected chi connectivity index (χ0v) is 9.39. The number of aliphatic hydroxyl groups is 1. The third kappa shape index (κ3) is 2.39. The van der Waals surface area contributed by atoms with E-state index in [0.29, 0.717) is 22.2 Å². The van der Waals surface area contributed by atoms with Gasteiger partial charge in [-0.25, -0.2) is 0 Å². The first-order chi connectivity index (χ1) is 6.57. The molecule has 1 aromatic rings. The summed E-state index contributed by atoms with van der Waals surface area (Å²) in [6, 6.07) is 5.20. The Kier molecular flexibility index (Phi) is 4.20. The summed E-state index contributed by atoms with van der Waals surface area (Å²) >= 11 is 11.8. The molecule has 4 heteroatoms. The minimum atomic E-state index is -0.661. The summed E-state index contributed by atoms with van der Waals surface area (Å²) in [6.07, 6.45) is -0.661. The molecule has 0 amide bonds. The molecule has 78 valence electrons. The van der Waals surface area contributed by atoms with Crippen LogP contribution in [0.1, 0.15) is 18.6 Å². The van der Waals surface area contributed by atoms with Gasteiger partial charge in [0, 0.05) is 5.56 Å². The van der Waals surface area contributed by atoms with Crippen LogP contribution in [0.3, 0.4) is 0 Å². The van der Waals surface area contributed by atoms with Gasteiger partial charge in [0.05, 0.1) is 16.1 Å². The van der Waals surface area contributed by atoms with E-state index < -0.39 is 6.10 Å². The molecule has 3 N–H and O–H groups in total. The Morgan fingerprint density at radius 3 is 2.64 bits per heavy atom. The van der Waals surface area contributed by atoms with E-state index in [0.717, 1.165) is 0 Å². The SMILES string of the molecule is CC(CN)C(O)c1cccc(Cl)c1Cl. The van der Waals surface area contributed by atoms with Gasteiger partial charge in [0.1, 0.15) is 0 Å². The van der Waals surface area contributed by atoms with Crippen LogP contribution in [0.4, 0.5) is 0 Å². The number of benzene rings is 1. The molecule has 0 spiro atoms. The van der Waals surface area contributed by atoms with Crippen molar-refractivity contribution < 1.29 is 5.11 Å². The van der Waals surface area contributed by atoms with Crippen LogP contribution in [0.25, 0.3) is 0 Å². The van der Waals surface area contributed by atoms with Crippen molar-refractivity contribution >= 4 is 23.2 Å².